The molecule has 0 radical (unpaired) electrons. The van der Waals surface area contributed by atoms with Gasteiger partial charge in [-0.05, 0) is 30.9 Å². The van der Waals surface area contributed by atoms with Crippen LogP contribution in [0.2, 0.25) is 5.02 Å². The van der Waals surface area contributed by atoms with Crippen LogP contribution in [0, 0.1) is 0 Å². The SMILES string of the molecule is CC(=O)N1CC(Oc2nc3nc(-c4ccc(C5(O)CCC5)cc4)c(Cl)cc3[nH]2)C1. The fourth-order valence-electron chi connectivity index (χ4n) is 3.82. The molecule has 0 spiro atoms. The summed E-state index contributed by atoms with van der Waals surface area (Å²) in [5.74, 6) is 0.0444. The molecule has 1 saturated heterocycles. The maximum Gasteiger partial charge on any atom is 0.296 e. The monoisotopic (exact) mass is 412 g/mol. The summed E-state index contributed by atoms with van der Waals surface area (Å²) in [6, 6.07) is 9.90. The molecule has 2 aromatic heterocycles. The summed E-state index contributed by atoms with van der Waals surface area (Å²) in [4.78, 5) is 25.1. The number of hydrogen-bond donors (Lipinski definition) is 2. The molecule has 3 aromatic rings. The van der Waals surface area contributed by atoms with Crippen LogP contribution in [0.3, 0.4) is 0 Å². The molecule has 0 atom stereocenters. The molecule has 1 saturated carbocycles. The Balaban J connectivity index is 1.37. The largest absolute Gasteiger partial charge is 0.458 e. The number of benzene rings is 1. The minimum absolute atomic E-state index is 0.0444. The van der Waals surface area contributed by atoms with E-state index >= 15 is 0 Å². The average Bonchev–Trinajstić information content (AvgIpc) is 3.03. The number of amides is 1. The van der Waals surface area contributed by atoms with Crippen molar-refractivity contribution in [1.29, 1.82) is 0 Å². The third kappa shape index (κ3) is 3.24. The Morgan fingerprint density at radius 1 is 1.28 bits per heavy atom. The Kier molecular flexibility index (Phi) is 4.26. The van der Waals surface area contributed by atoms with E-state index < -0.39 is 5.60 Å². The number of imidazole rings is 1. The third-order valence-corrected chi connectivity index (χ3v) is 6.14. The molecule has 8 heteroatoms. The lowest BCUT2D eigenvalue weighted by atomic mass is 9.75. The van der Waals surface area contributed by atoms with Crippen molar-refractivity contribution in [3.8, 4) is 17.3 Å². The Bertz CT molecular complexity index is 1090. The molecular weight excluding hydrogens is 392 g/mol. The van der Waals surface area contributed by atoms with Crippen LogP contribution in [0.4, 0.5) is 0 Å². The van der Waals surface area contributed by atoms with Crippen molar-refractivity contribution in [2.24, 2.45) is 0 Å². The number of likely N-dealkylation sites (tertiary alicyclic amines) is 1. The van der Waals surface area contributed by atoms with Crippen molar-refractivity contribution in [3.05, 3.63) is 40.9 Å². The summed E-state index contributed by atoms with van der Waals surface area (Å²) in [5.41, 5.74) is 2.95. The number of aliphatic hydroxyl groups is 1. The lowest BCUT2D eigenvalue weighted by Gasteiger charge is -2.37. The van der Waals surface area contributed by atoms with Crippen molar-refractivity contribution in [2.75, 3.05) is 13.1 Å². The van der Waals surface area contributed by atoms with E-state index in [0.29, 0.717) is 41.0 Å². The van der Waals surface area contributed by atoms with Crippen molar-refractivity contribution in [2.45, 2.75) is 37.9 Å². The molecule has 29 heavy (non-hydrogen) atoms. The van der Waals surface area contributed by atoms with E-state index in [1.165, 1.54) is 0 Å². The van der Waals surface area contributed by atoms with E-state index in [2.05, 4.69) is 15.0 Å². The second kappa shape index (κ2) is 6.71. The molecular formula is C21H21ClN4O3. The van der Waals surface area contributed by atoms with Crippen LogP contribution < -0.4 is 4.74 Å². The predicted octanol–water partition coefficient (Wildman–Crippen LogP) is 3.26. The van der Waals surface area contributed by atoms with Gasteiger partial charge in [0.05, 0.1) is 34.9 Å². The highest BCUT2D eigenvalue weighted by molar-refractivity contribution is 6.33. The van der Waals surface area contributed by atoms with Crippen LogP contribution >= 0.6 is 11.6 Å². The van der Waals surface area contributed by atoms with Gasteiger partial charge in [0.1, 0.15) is 6.10 Å². The summed E-state index contributed by atoms with van der Waals surface area (Å²) in [6.07, 6.45) is 2.59. The maximum absolute atomic E-state index is 11.3. The molecule has 1 amide bonds. The lowest BCUT2D eigenvalue weighted by molar-refractivity contribution is -0.137. The fourth-order valence-corrected chi connectivity index (χ4v) is 4.08. The highest BCUT2D eigenvalue weighted by atomic mass is 35.5. The van der Waals surface area contributed by atoms with E-state index in [4.69, 9.17) is 16.3 Å². The lowest BCUT2D eigenvalue weighted by Crippen LogP contribution is -2.55. The number of halogens is 1. The maximum atomic E-state index is 11.3. The summed E-state index contributed by atoms with van der Waals surface area (Å²) in [7, 11) is 0. The predicted molar refractivity (Wildman–Crippen MR) is 109 cm³/mol. The van der Waals surface area contributed by atoms with Crippen molar-refractivity contribution >= 4 is 28.7 Å². The minimum Gasteiger partial charge on any atom is -0.458 e. The second-order valence-electron chi connectivity index (χ2n) is 7.86. The van der Waals surface area contributed by atoms with Gasteiger partial charge < -0.3 is 19.7 Å². The molecule has 150 valence electrons. The summed E-state index contributed by atoms with van der Waals surface area (Å²) in [6.45, 7) is 2.67. The average molecular weight is 413 g/mol. The first-order valence-electron chi connectivity index (χ1n) is 9.73. The number of fused-ring (bicyclic) bond motifs is 1. The van der Waals surface area contributed by atoms with Crippen molar-refractivity contribution < 1.29 is 14.6 Å². The highest BCUT2D eigenvalue weighted by Crippen LogP contribution is 2.41. The van der Waals surface area contributed by atoms with Crippen LogP contribution in [0.15, 0.2) is 30.3 Å². The van der Waals surface area contributed by atoms with Crippen molar-refractivity contribution in [1.82, 2.24) is 19.9 Å². The molecule has 7 nitrogen and oxygen atoms in total. The van der Waals surface area contributed by atoms with Gasteiger partial charge in [0.15, 0.2) is 5.65 Å². The number of H-pyrrole nitrogens is 1. The van der Waals surface area contributed by atoms with Gasteiger partial charge in [0.2, 0.25) is 5.91 Å². The molecule has 3 heterocycles. The van der Waals surface area contributed by atoms with Crippen LogP contribution in [-0.4, -0.2) is 50.1 Å². The number of aromatic amines is 1. The minimum atomic E-state index is -0.687. The Hall–Kier alpha value is -2.64. The number of rotatable bonds is 4. The van der Waals surface area contributed by atoms with Crippen LogP contribution in [0.25, 0.3) is 22.4 Å². The first-order valence-corrected chi connectivity index (χ1v) is 10.1. The highest BCUT2D eigenvalue weighted by Gasteiger charge is 2.36. The van der Waals surface area contributed by atoms with E-state index in [9.17, 15) is 9.90 Å². The first kappa shape index (κ1) is 18.4. The van der Waals surface area contributed by atoms with Crippen LogP contribution in [0.5, 0.6) is 6.01 Å². The van der Waals surface area contributed by atoms with Gasteiger partial charge >= 0.3 is 0 Å². The number of hydrogen-bond acceptors (Lipinski definition) is 5. The van der Waals surface area contributed by atoms with Crippen LogP contribution in [0.1, 0.15) is 31.7 Å². The van der Waals surface area contributed by atoms with Gasteiger partial charge in [-0.15, -0.1) is 0 Å². The number of carbonyl (C=O) groups is 1. The molecule has 1 aromatic carbocycles. The summed E-state index contributed by atoms with van der Waals surface area (Å²) in [5, 5.41) is 11.0. The van der Waals surface area contributed by atoms with Gasteiger partial charge in [-0.1, -0.05) is 35.9 Å². The summed E-state index contributed by atoms with van der Waals surface area (Å²) >= 11 is 6.47. The number of pyridine rings is 1. The molecule has 0 unspecified atom stereocenters. The second-order valence-corrected chi connectivity index (χ2v) is 8.27. The number of carbonyl (C=O) groups excluding carboxylic acids is 1. The Morgan fingerprint density at radius 3 is 2.62 bits per heavy atom. The Morgan fingerprint density at radius 2 is 2.00 bits per heavy atom. The molecule has 2 N–H and O–H groups in total. The van der Waals surface area contributed by atoms with Gasteiger partial charge in [-0.3, -0.25) is 4.79 Å². The number of aromatic nitrogens is 3. The van der Waals surface area contributed by atoms with Gasteiger partial charge in [-0.2, -0.15) is 4.98 Å². The number of nitrogens with zero attached hydrogens (tertiary/aromatic N) is 3. The topological polar surface area (TPSA) is 91.3 Å². The van der Waals surface area contributed by atoms with E-state index in [0.717, 1.165) is 30.4 Å². The normalized spacial score (nSPS) is 18.4. The molecule has 2 aliphatic rings. The van der Waals surface area contributed by atoms with E-state index in [1.807, 2.05) is 24.3 Å². The molecule has 1 aliphatic carbocycles. The zero-order chi connectivity index (χ0) is 20.2. The van der Waals surface area contributed by atoms with Gasteiger partial charge in [0.25, 0.3) is 6.01 Å². The molecule has 2 fully saturated rings. The third-order valence-electron chi connectivity index (χ3n) is 5.85. The fraction of sp³-hybridized carbons (Fsp3) is 0.381. The first-order chi connectivity index (χ1) is 13.9. The standard InChI is InChI=1S/C21H21ClN4O3/c1-12(27)26-10-15(11-26)29-20-23-17-9-16(22)18(24-19(17)25-20)13-3-5-14(6-4-13)21(28)7-2-8-21/h3-6,9,15,28H,2,7-8,10-11H2,1H3,(H,23,24,25). The van der Waals surface area contributed by atoms with Crippen LogP contribution in [-0.2, 0) is 10.4 Å². The zero-order valence-electron chi connectivity index (χ0n) is 16.0. The van der Waals surface area contributed by atoms with E-state index in [-0.39, 0.29) is 12.0 Å². The van der Waals surface area contributed by atoms with Gasteiger partial charge in [-0.25, -0.2) is 4.98 Å². The van der Waals surface area contributed by atoms with Crippen molar-refractivity contribution in [3.63, 3.8) is 0 Å². The number of ether oxygens (including phenoxy) is 1. The van der Waals surface area contributed by atoms with E-state index in [1.54, 1.807) is 17.9 Å². The molecule has 5 rings (SSSR count). The smallest absolute Gasteiger partial charge is 0.296 e. The number of nitrogens with one attached hydrogen (secondary N) is 1. The summed E-state index contributed by atoms with van der Waals surface area (Å²) < 4.78 is 5.80. The van der Waals surface area contributed by atoms with Gasteiger partial charge in [0, 0.05) is 12.5 Å². The Labute approximate surface area is 172 Å². The quantitative estimate of drug-likeness (QED) is 0.686. The zero-order valence-corrected chi connectivity index (χ0v) is 16.7. The molecule has 0 bridgehead atoms. The molecule has 1 aliphatic heterocycles.